The van der Waals surface area contributed by atoms with Gasteiger partial charge in [-0.3, -0.25) is 4.74 Å². The monoisotopic (exact) mass is 256 g/mol. The highest BCUT2D eigenvalue weighted by Gasteiger charge is 2.68. The smallest absolute Gasteiger partial charge is 0.341 e. The molecular formula is C7H7F7O2. The van der Waals surface area contributed by atoms with Crippen molar-refractivity contribution in [1.82, 2.24) is 0 Å². The van der Waals surface area contributed by atoms with Crippen molar-refractivity contribution in [3.05, 3.63) is 0 Å². The second-order valence-electron chi connectivity index (χ2n) is 3.20. The lowest BCUT2D eigenvalue weighted by Crippen LogP contribution is -2.52. The normalized spacial score (nSPS) is 28.3. The van der Waals surface area contributed by atoms with E-state index in [0.29, 0.717) is 0 Å². The third-order valence-corrected chi connectivity index (χ3v) is 1.88. The van der Waals surface area contributed by atoms with E-state index in [0.717, 1.165) is 0 Å². The average molecular weight is 256 g/mol. The van der Waals surface area contributed by atoms with E-state index < -0.39 is 37.0 Å². The van der Waals surface area contributed by atoms with Gasteiger partial charge in [0.05, 0.1) is 0 Å². The zero-order valence-corrected chi connectivity index (χ0v) is 7.77. The fourth-order valence-corrected chi connectivity index (χ4v) is 0.833. The molecule has 0 aromatic rings. The predicted molar refractivity (Wildman–Crippen MR) is 36.2 cm³/mol. The number of alkyl halides is 7. The molecule has 0 saturated carbocycles. The molecule has 1 rings (SSSR count). The van der Waals surface area contributed by atoms with Crippen LogP contribution in [-0.4, -0.2) is 37.0 Å². The second kappa shape index (κ2) is 4.02. The summed E-state index contributed by atoms with van der Waals surface area (Å²) in [5.41, 5.74) is 0. The molecule has 0 bridgehead atoms. The third kappa shape index (κ3) is 2.40. The van der Waals surface area contributed by atoms with E-state index in [2.05, 4.69) is 9.47 Å². The van der Waals surface area contributed by atoms with Crippen LogP contribution in [0, 0.1) is 0 Å². The van der Waals surface area contributed by atoms with Gasteiger partial charge in [-0.1, -0.05) is 0 Å². The van der Waals surface area contributed by atoms with Gasteiger partial charge in [0.25, 0.3) is 6.43 Å². The minimum atomic E-state index is -5.62. The summed E-state index contributed by atoms with van der Waals surface area (Å²) < 4.78 is 93.6. The Morgan fingerprint density at radius 2 is 1.56 bits per heavy atom. The maximum Gasteiger partial charge on any atom is 0.424 e. The summed E-state index contributed by atoms with van der Waals surface area (Å²) in [6.45, 7) is 1.24. The highest BCUT2D eigenvalue weighted by Crippen LogP contribution is 2.44. The fraction of sp³-hybridized carbons (Fsp3) is 1.00. The van der Waals surface area contributed by atoms with Crippen molar-refractivity contribution in [3.8, 4) is 0 Å². The molecule has 1 heterocycles. The molecule has 9 heteroatoms. The Morgan fingerprint density at radius 3 is 1.88 bits per heavy atom. The molecule has 1 aliphatic heterocycles. The largest absolute Gasteiger partial charge is 0.424 e. The molecular weight excluding hydrogens is 249 g/mol. The molecule has 0 N–H and O–H groups in total. The molecule has 3 unspecified atom stereocenters. The van der Waals surface area contributed by atoms with Gasteiger partial charge in [0.15, 0.2) is 6.29 Å². The molecule has 96 valence electrons. The summed E-state index contributed by atoms with van der Waals surface area (Å²) in [4.78, 5) is 0. The van der Waals surface area contributed by atoms with E-state index >= 15 is 0 Å². The zero-order valence-electron chi connectivity index (χ0n) is 7.77. The van der Waals surface area contributed by atoms with Crippen molar-refractivity contribution in [3.63, 3.8) is 0 Å². The number of hydrogen-bond acceptors (Lipinski definition) is 2. The number of epoxide rings is 1. The Morgan fingerprint density at radius 1 is 1.12 bits per heavy atom. The van der Waals surface area contributed by atoms with E-state index in [4.69, 9.17) is 0 Å². The second-order valence-corrected chi connectivity index (χ2v) is 3.20. The van der Waals surface area contributed by atoms with Crippen molar-refractivity contribution in [2.75, 3.05) is 0 Å². The van der Waals surface area contributed by atoms with Gasteiger partial charge in [0.2, 0.25) is 6.17 Å². The molecule has 0 amide bonds. The van der Waals surface area contributed by atoms with Crippen LogP contribution in [-0.2, 0) is 9.47 Å². The Balaban J connectivity index is 2.71. The average Bonchev–Trinajstić information content (AvgIpc) is 2.78. The first-order valence-corrected chi connectivity index (χ1v) is 4.10. The summed E-state index contributed by atoms with van der Waals surface area (Å²) in [7, 11) is 0. The molecule has 1 fully saturated rings. The maximum atomic E-state index is 12.7. The van der Waals surface area contributed by atoms with Gasteiger partial charge < -0.3 is 4.74 Å². The van der Waals surface area contributed by atoms with Crippen molar-refractivity contribution >= 4 is 0 Å². The minimum Gasteiger partial charge on any atom is -0.341 e. The standard InChI is InChI=1S/C7H7F7O2/c1-2-5(15-2)16-7(13,14)6(11,12)3(8)4(9)10/h2-5H,1H3. The number of halogens is 7. The molecule has 1 aliphatic rings. The van der Waals surface area contributed by atoms with Crippen LogP contribution in [0.1, 0.15) is 6.92 Å². The molecule has 2 nitrogen and oxygen atoms in total. The van der Waals surface area contributed by atoms with Gasteiger partial charge >= 0.3 is 12.0 Å². The molecule has 0 spiro atoms. The Kier molecular flexibility index (Phi) is 3.39. The van der Waals surface area contributed by atoms with Crippen LogP contribution < -0.4 is 0 Å². The number of rotatable bonds is 5. The first kappa shape index (κ1) is 13.5. The molecule has 3 atom stereocenters. The minimum absolute atomic E-state index is 0.855. The maximum absolute atomic E-state index is 12.7. The van der Waals surface area contributed by atoms with Crippen LogP contribution >= 0.6 is 0 Å². The lowest BCUT2D eigenvalue weighted by molar-refractivity contribution is -0.379. The summed E-state index contributed by atoms with van der Waals surface area (Å²) in [5.74, 6) is -5.62. The number of ether oxygens (including phenoxy) is 2. The Hall–Kier alpha value is -0.570. The van der Waals surface area contributed by atoms with Crippen LogP contribution in [0.5, 0.6) is 0 Å². The van der Waals surface area contributed by atoms with Gasteiger partial charge in [0.1, 0.15) is 6.10 Å². The van der Waals surface area contributed by atoms with Gasteiger partial charge in [0, 0.05) is 0 Å². The lowest BCUT2D eigenvalue weighted by Gasteiger charge is -2.27. The van der Waals surface area contributed by atoms with Crippen molar-refractivity contribution in [2.45, 2.75) is 43.9 Å². The molecule has 0 aliphatic carbocycles. The first-order valence-electron chi connectivity index (χ1n) is 4.10. The van der Waals surface area contributed by atoms with E-state index in [1.165, 1.54) is 6.92 Å². The Labute approximate surface area is 85.3 Å². The van der Waals surface area contributed by atoms with Crippen LogP contribution in [0.3, 0.4) is 0 Å². The molecule has 16 heavy (non-hydrogen) atoms. The summed E-state index contributed by atoms with van der Waals surface area (Å²) in [6, 6.07) is 0. The number of hydrogen-bond donors (Lipinski definition) is 0. The van der Waals surface area contributed by atoms with E-state index in [1.807, 2.05) is 0 Å². The van der Waals surface area contributed by atoms with Crippen LogP contribution in [0.2, 0.25) is 0 Å². The summed E-state index contributed by atoms with van der Waals surface area (Å²) >= 11 is 0. The van der Waals surface area contributed by atoms with E-state index in [1.54, 1.807) is 0 Å². The summed E-state index contributed by atoms with van der Waals surface area (Å²) in [6.07, 6.45) is -16.4. The molecule has 0 radical (unpaired) electrons. The fourth-order valence-electron chi connectivity index (χ4n) is 0.833. The van der Waals surface area contributed by atoms with Crippen LogP contribution in [0.15, 0.2) is 0 Å². The molecule has 1 saturated heterocycles. The quantitative estimate of drug-likeness (QED) is 0.557. The molecule has 0 aromatic carbocycles. The summed E-state index contributed by atoms with van der Waals surface area (Å²) in [5, 5.41) is 0. The van der Waals surface area contributed by atoms with Crippen molar-refractivity contribution < 1.29 is 40.2 Å². The highest BCUT2D eigenvalue weighted by molar-refractivity contribution is 4.88. The van der Waals surface area contributed by atoms with Crippen LogP contribution in [0.25, 0.3) is 0 Å². The Bertz CT molecular complexity index is 257. The molecule has 0 aromatic heterocycles. The van der Waals surface area contributed by atoms with Crippen LogP contribution in [0.4, 0.5) is 30.7 Å². The van der Waals surface area contributed by atoms with Crippen molar-refractivity contribution in [1.29, 1.82) is 0 Å². The third-order valence-electron chi connectivity index (χ3n) is 1.88. The van der Waals surface area contributed by atoms with Gasteiger partial charge in [-0.05, 0) is 6.92 Å². The van der Waals surface area contributed by atoms with Crippen molar-refractivity contribution in [2.24, 2.45) is 0 Å². The SMILES string of the molecule is CC1OC1OC(F)(F)C(F)(F)C(F)C(F)F. The van der Waals surface area contributed by atoms with Gasteiger partial charge in [-0.2, -0.15) is 17.6 Å². The van der Waals surface area contributed by atoms with E-state index in [-0.39, 0.29) is 0 Å². The van der Waals surface area contributed by atoms with E-state index in [9.17, 15) is 30.7 Å². The predicted octanol–water partition coefficient (Wildman–Crippen LogP) is 2.58. The van der Waals surface area contributed by atoms with Gasteiger partial charge in [-0.15, -0.1) is 0 Å². The topological polar surface area (TPSA) is 21.8 Å². The zero-order chi connectivity index (χ0) is 12.7. The highest BCUT2D eigenvalue weighted by atomic mass is 19.3. The lowest BCUT2D eigenvalue weighted by atomic mass is 10.2. The first-order chi connectivity index (χ1) is 7.09. The van der Waals surface area contributed by atoms with Gasteiger partial charge in [-0.25, -0.2) is 13.2 Å².